The van der Waals surface area contributed by atoms with Gasteiger partial charge in [0.2, 0.25) is 0 Å². The molecule has 0 aliphatic carbocycles. The predicted octanol–water partition coefficient (Wildman–Crippen LogP) is 1.68. The number of nitrogens with one attached hydrogen (secondary N) is 1. The first kappa shape index (κ1) is 10.7. The summed E-state index contributed by atoms with van der Waals surface area (Å²) in [5.74, 6) is 0. The Labute approximate surface area is 83.8 Å². The van der Waals surface area contributed by atoms with E-state index in [0.29, 0.717) is 5.56 Å². The van der Waals surface area contributed by atoms with Crippen LogP contribution in [0.3, 0.4) is 0 Å². The molecule has 3 nitrogen and oxygen atoms in total. The Bertz CT molecular complexity index is 269. The van der Waals surface area contributed by atoms with Gasteiger partial charge in [0.1, 0.15) is 6.29 Å². The Kier molecular flexibility index (Phi) is 4.72. The smallest absolute Gasteiger partial charge is 0.150 e. The van der Waals surface area contributed by atoms with E-state index in [-0.39, 0.29) is 6.61 Å². The van der Waals surface area contributed by atoms with Gasteiger partial charge in [-0.1, -0.05) is 0 Å². The zero-order valence-electron chi connectivity index (χ0n) is 8.07. The number of rotatable bonds is 6. The molecule has 0 aliphatic heterocycles. The summed E-state index contributed by atoms with van der Waals surface area (Å²) in [6, 6.07) is 7.31. The van der Waals surface area contributed by atoms with Crippen molar-refractivity contribution >= 4 is 12.0 Å². The second-order valence-electron chi connectivity index (χ2n) is 3.10. The first-order chi connectivity index (χ1) is 6.86. The van der Waals surface area contributed by atoms with Crippen LogP contribution in [0.1, 0.15) is 23.2 Å². The van der Waals surface area contributed by atoms with Gasteiger partial charge in [-0.2, -0.15) is 0 Å². The minimum absolute atomic E-state index is 0.242. The van der Waals surface area contributed by atoms with Gasteiger partial charge in [0.05, 0.1) is 0 Å². The number of anilines is 1. The van der Waals surface area contributed by atoms with E-state index in [0.717, 1.165) is 31.4 Å². The molecular weight excluding hydrogens is 178 g/mol. The molecule has 0 aliphatic rings. The molecule has 3 heteroatoms. The van der Waals surface area contributed by atoms with Gasteiger partial charge >= 0.3 is 0 Å². The number of carbonyl (C=O) groups excluding carboxylic acids is 1. The second kappa shape index (κ2) is 6.16. The van der Waals surface area contributed by atoms with Gasteiger partial charge in [0, 0.05) is 24.4 Å². The monoisotopic (exact) mass is 193 g/mol. The van der Waals surface area contributed by atoms with Gasteiger partial charge in [-0.3, -0.25) is 4.79 Å². The molecule has 0 saturated heterocycles. The summed E-state index contributed by atoms with van der Waals surface area (Å²) in [6.07, 6.45) is 2.60. The van der Waals surface area contributed by atoms with Gasteiger partial charge in [-0.05, 0) is 37.1 Å². The molecule has 0 saturated carbocycles. The number of carbonyl (C=O) groups is 1. The summed E-state index contributed by atoms with van der Waals surface area (Å²) >= 11 is 0. The Balaban J connectivity index is 2.32. The number of benzene rings is 1. The van der Waals surface area contributed by atoms with Crippen molar-refractivity contribution in [3.63, 3.8) is 0 Å². The van der Waals surface area contributed by atoms with Crippen molar-refractivity contribution < 1.29 is 9.90 Å². The third-order valence-electron chi connectivity index (χ3n) is 1.96. The van der Waals surface area contributed by atoms with Crippen molar-refractivity contribution in [3.8, 4) is 0 Å². The molecule has 0 atom stereocenters. The minimum Gasteiger partial charge on any atom is -0.396 e. The molecule has 0 spiro atoms. The van der Waals surface area contributed by atoms with Crippen molar-refractivity contribution in [2.45, 2.75) is 12.8 Å². The van der Waals surface area contributed by atoms with Crippen LogP contribution in [0.4, 0.5) is 5.69 Å². The highest BCUT2D eigenvalue weighted by Gasteiger charge is 1.92. The van der Waals surface area contributed by atoms with Gasteiger partial charge < -0.3 is 10.4 Å². The SMILES string of the molecule is O=Cc1ccc(NCCCCO)cc1. The normalized spacial score (nSPS) is 9.79. The number of aliphatic hydroxyl groups is 1. The van der Waals surface area contributed by atoms with Gasteiger partial charge in [-0.25, -0.2) is 0 Å². The van der Waals surface area contributed by atoms with Crippen LogP contribution in [-0.4, -0.2) is 24.5 Å². The summed E-state index contributed by atoms with van der Waals surface area (Å²) in [5, 5.41) is 11.8. The zero-order chi connectivity index (χ0) is 10.2. The molecule has 1 aromatic rings. The van der Waals surface area contributed by atoms with E-state index in [1.807, 2.05) is 12.1 Å². The lowest BCUT2D eigenvalue weighted by molar-refractivity contribution is 0.112. The molecule has 0 unspecified atom stereocenters. The highest BCUT2D eigenvalue weighted by molar-refractivity contribution is 5.75. The summed E-state index contributed by atoms with van der Waals surface area (Å²) in [4.78, 5) is 10.4. The molecule has 1 rings (SSSR count). The number of unbranched alkanes of at least 4 members (excludes halogenated alkanes) is 1. The molecule has 0 fully saturated rings. The number of aliphatic hydroxyl groups excluding tert-OH is 1. The van der Waals surface area contributed by atoms with Crippen molar-refractivity contribution in [2.24, 2.45) is 0 Å². The molecule has 0 aromatic heterocycles. The molecule has 76 valence electrons. The van der Waals surface area contributed by atoms with E-state index in [9.17, 15) is 4.79 Å². The Morgan fingerprint density at radius 2 is 1.93 bits per heavy atom. The lowest BCUT2D eigenvalue weighted by atomic mass is 10.2. The lowest BCUT2D eigenvalue weighted by Crippen LogP contribution is -2.02. The number of hydrogen-bond donors (Lipinski definition) is 2. The fourth-order valence-corrected chi connectivity index (χ4v) is 1.15. The van der Waals surface area contributed by atoms with E-state index in [4.69, 9.17) is 5.11 Å². The first-order valence-electron chi connectivity index (χ1n) is 4.77. The van der Waals surface area contributed by atoms with Crippen LogP contribution in [0.5, 0.6) is 0 Å². The maximum Gasteiger partial charge on any atom is 0.150 e. The highest BCUT2D eigenvalue weighted by atomic mass is 16.2. The van der Waals surface area contributed by atoms with Crippen LogP contribution in [0.2, 0.25) is 0 Å². The van der Waals surface area contributed by atoms with Crippen LogP contribution >= 0.6 is 0 Å². The quantitative estimate of drug-likeness (QED) is 0.534. The summed E-state index contributed by atoms with van der Waals surface area (Å²) in [7, 11) is 0. The average Bonchev–Trinajstić information content (AvgIpc) is 2.25. The fourth-order valence-electron chi connectivity index (χ4n) is 1.15. The van der Waals surface area contributed by atoms with Crippen molar-refractivity contribution in [3.05, 3.63) is 29.8 Å². The van der Waals surface area contributed by atoms with E-state index >= 15 is 0 Å². The lowest BCUT2D eigenvalue weighted by Gasteiger charge is -2.05. The largest absolute Gasteiger partial charge is 0.396 e. The number of aldehydes is 1. The van der Waals surface area contributed by atoms with Crippen molar-refractivity contribution in [1.82, 2.24) is 0 Å². The third-order valence-corrected chi connectivity index (χ3v) is 1.96. The maximum atomic E-state index is 10.4. The van der Waals surface area contributed by atoms with Crippen molar-refractivity contribution in [2.75, 3.05) is 18.5 Å². The summed E-state index contributed by atoms with van der Waals surface area (Å²) < 4.78 is 0. The minimum atomic E-state index is 0.242. The molecule has 0 amide bonds. The fraction of sp³-hybridized carbons (Fsp3) is 0.364. The third kappa shape index (κ3) is 3.58. The Morgan fingerprint density at radius 1 is 1.21 bits per heavy atom. The molecule has 0 bridgehead atoms. The van der Waals surface area contributed by atoms with E-state index in [1.54, 1.807) is 12.1 Å². The molecule has 0 heterocycles. The Morgan fingerprint density at radius 3 is 2.50 bits per heavy atom. The van der Waals surface area contributed by atoms with Crippen LogP contribution < -0.4 is 5.32 Å². The van der Waals surface area contributed by atoms with E-state index in [2.05, 4.69) is 5.32 Å². The summed E-state index contributed by atoms with van der Waals surface area (Å²) in [5.41, 5.74) is 1.69. The van der Waals surface area contributed by atoms with Gasteiger partial charge in [0.15, 0.2) is 0 Å². The molecule has 1 aromatic carbocycles. The van der Waals surface area contributed by atoms with Crippen LogP contribution in [0.25, 0.3) is 0 Å². The zero-order valence-corrected chi connectivity index (χ0v) is 8.07. The number of hydrogen-bond acceptors (Lipinski definition) is 3. The van der Waals surface area contributed by atoms with Crippen LogP contribution in [0.15, 0.2) is 24.3 Å². The first-order valence-corrected chi connectivity index (χ1v) is 4.77. The molecule has 14 heavy (non-hydrogen) atoms. The van der Waals surface area contributed by atoms with E-state index in [1.165, 1.54) is 0 Å². The second-order valence-corrected chi connectivity index (χ2v) is 3.10. The van der Waals surface area contributed by atoms with Gasteiger partial charge in [-0.15, -0.1) is 0 Å². The molecular formula is C11H15NO2. The van der Waals surface area contributed by atoms with Crippen molar-refractivity contribution in [1.29, 1.82) is 0 Å². The molecule has 0 radical (unpaired) electrons. The average molecular weight is 193 g/mol. The summed E-state index contributed by atoms with van der Waals surface area (Å²) in [6.45, 7) is 1.09. The van der Waals surface area contributed by atoms with Crippen LogP contribution in [-0.2, 0) is 0 Å². The topological polar surface area (TPSA) is 49.3 Å². The Hall–Kier alpha value is -1.35. The van der Waals surface area contributed by atoms with Gasteiger partial charge in [0.25, 0.3) is 0 Å². The van der Waals surface area contributed by atoms with Crippen LogP contribution in [0, 0.1) is 0 Å². The predicted molar refractivity (Wildman–Crippen MR) is 56.6 cm³/mol. The maximum absolute atomic E-state index is 10.4. The standard InChI is InChI=1S/C11H15NO2/c13-8-2-1-7-12-11-5-3-10(9-14)4-6-11/h3-6,9,12-13H,1-2,7-8H2. The molecule has 2 N–H and O–H groups in total. The highest BCUT2D eigenvalue weighted by Crippen LogP contribution is 2.07. The van der Waals surface area contributed by atoms with E-state index < -0.39 is 0 Å².